The molecule has 0 fully saturated rings. The zero-order chi connectivity index (χ0) is 9.52. The summed E-state index contributed by atoms with van der Waals surface area (Å²) in [6.45, 7) is 3.20. The van der Waals surface area contributed by atoms with Crippen molar-refractivity contribution in [2.24, 2.45) is 5.90 Å². The Balaban J connectivity index is 2.32. The summed E-state index contributed by atoms with van der Waals surface area (Å²) in [5, 5.41) is 0. The quantitative estimate of drug-likeness (QED) is 0.555. The first kappa shape index (κ1) is 10.0. The van der Waals surface area contributed by atoms with Gasteiger partial charge in [0.25, 0.3) is 0 Å². The summed E-state index contributed by atoms with van der Waals surface area (Å²) in [6, 6.07) is 7.93. The number of aryl methyl sites for hydroxylation is 1. The Bertz CT molecular complexity index is 250. The minimum atomic E-state index is 0.534. The van der Waals surface area contributed by atoms with E-state index in [1.54, 1.807) is 0 Å². The third kappa shape index (κ3) is 3.44. The van der Waals surface area contributed by atoms with Crippen molar-refractivity contribution in [3.8, 4) is 5.75 Å². The van der Waals surface area contributed by atoms with Crippen LogP contribution in [0.5, 0.6) is 5.75 Å². The first-order chi connectivity index (χ1) is 6.34. The predicted molar refractivity (Wildman–Crippen MR) is 51.4 cm³/mol. The molecule has 3 nitrogen and oxygen atoms in total. The van der Waals surface area contributed by atoms with Crippen molar-refractivity contribution in [3.63, 3.8) is 0 Å². The number of ether oxygens (including phenoxy) is 1. The lowest BCUT2D eigenvalue weighted by Gasteiger charge is -2.07. The van der Waals surface area contributed by atoms with Crippen molar-refractivity contribution in [3.05, 3.63) is 29.8 Å². The summed E-state index contributed by atoms with van der Waals surface area (Å²) < 4.78 is 5.50. The number of nitrogens with two attached hydrogens (primary N) is 1. The fraction of sp³-hybridized carbons (Fsp3) is 0.400. The average Bonchev–Trinajstić information content (AvgIpc) is 2.15. The van der Waals surface area contributed by atoms with Crippen LogP contribution in [0.2, 0.25) is 0 Å². The van der Waals surface area contributed by atoms with Gasteiger partial charge in [0.05, 0.1) is 13.2 Å². The molecule has 0 heterocycles. The second-order valence-electron chi connectivity index (χ2n) is 2.84. The predicted octanol–water partition coefficient (Wildman–Crippen LogP) is 1.65. The van der Waals surface area contributed by atoms with Crippen LogP contribution in [0.3, 0.4) is 0 Å². The number of rotatable bonds is 5. The Labute approximate surface area is 78.4 Å². The van der Waals surface area contributed by atoms with Crippen molar-refractivity contribution >= 4 is 0 Å². The molecule has 0 aliphatic carbocycles. The largest absolute Gasteiger partial charge is 0.493 e. The fourth-order valence-electron chi connectivity index (χ4n) is 1.04. The maximum atomic E-state index is 5.50. The van der Waals surface area contributed by atoms with Gasteiger partial charge in [-0.25, -0.2) is 5.90 Å². The molecular formula is C10H15NO2. The zero-order valence-electron chi connectivity index (χ0n) is 7.82. The number of hydrogen-bond donors (Lipinski definition) is 1. The Morgan fingerprint density at radius 1 is 1.23 bits per heavy atom. The SMILES string of the molecule is Cc1ccccc1OCCCON. The van der Waals surface area contributed by atoms with Crippen LogP contribution in [-0.2, 0) is 4.84 Å². The summed E-state index contributed by atoms with van der Waals surface area (Å²) in [5.41, 5.74) is 1.15. The van der Waals surface area contributed by atoms with Gasteiger partial charge in [-0.2, -0.15) is 0 Å². The molecule has 13 heavy (non-hydrogen) atoms. The zero-order valence-corrected chi connectivity index (χ0v) is 7.82. The third-order valence-corrected chi connectivity index (χ3v) is 1.76. The summed E-state index contributed by atoms with van der Waals surface area (Å²) in [4.78, 5) is 4.43. The normalized spacial score (nSPS) is 10.0. The Hall–Kier alpha value is -1.06. The molecule has 1 aromatic carbocycles. The average molecular weight is 181 g/mol. The highest BCUT2D eigenvalue weighted by Crippen LogP contribution is 2.15. The fourth-order valence-corrected chi connectivity index (χ4v) is 1.04. The van der Waals surface area contributed by atoms with E-state index in [0.717, 1.165) is 17.7 Å². The molecule has 72 valence electrons. The molecule has 0 unspecified atom stereocenters. The molecular weight excluding hydrogens is 166 g/mol. The molecule has 0 saturated heterocycles. The maximum Gasteiger partial charge on any atom is 0.122 e. The molecule has 0 aliphatic rings. The summed E-state index contributed by atoms with van der Waals surface area (Å²) in [6.07, 6.45) is 0.810. The van der Waals surface area contributed by atoms with E-state index in [2.05, 4.69) is 4.84 Å². The molecule has 0 aliphatic heterocycles. The second kappa shape index (κ2) is 5.56. The van der Waals surface area contributed by atoms with Crippen molar-refractivity contribution in [2.75, 3.05) is 13.2 Å². The van der Waals surface area contributed by atoms with E-state index in [0.29, 0.717) is 13.2 Å². The molecule has 0 bridgehead atoms. The van der Waals surface area contributed by atoms with Gasteiger partial charge in [0.15, 0.2) is 0 Å². The molecule has 0 aromatic heterocycles. The van der Waals surface area contributed by atoms with Gasteiger partial charge in [-0.15, -0.1) is 0 Å². The van der Waals surface area contributed by atoms with Crippen LogP contribution in [0.1, 0.15) is 12.0 Å². The van der Waals surface area contributed by atoms with E-state index in [1.807, 2.05) is 31.2 Å². The smallest absolute Gasteiger partial charge is 0.122 e. The molecule has 0 radical (unpaired) electrons. The van der Waals surface area contributed by atoms with Gasteiger partial charge >= 0.3 is 0 Å². The van der Waals surface area contributed by atoms with E-state index in [9.17, 15) is 0 Å². The molecule has 3 heteroatoms. The van der Waals surface area contributed by atoms with Gasteiger partial charge in [-0.05, 0) is 18.6 Å². The second-order valence-corrected chi connectivity index (χ2v) is 2.84. The van der Waals surface area contributed by atoms with Crippen LogP contribution in [-0.4, -0.2) is 13.2 Å². The molecule has 0 amide bonds. The number of benzene rings is 1. The van der Waals surface area contributed by atoms with Crippen LogP contribution in [0.25, 0.3) is 0 Å². The summed E-state index contributed by atoms with van der Waals surface area (Å²) in [5.74, 6) is 5.81. The van der Waals surface area contributed by atoms with Gasteiger partial charge in [0, 0.05) is 6.42 Å². The minimum absolute atomic E-state index is 0.534. The van der Waals surface area contributed by atoms with Crippen molar-refractivity contribution in [2.45, 2.75) is 13.3 Å². The van der Waals surface area contributed by atoms with Gasteiger partial charge < -0.3 is 9.57 Å². The lowest BCUT2D eigenvalue weighted by Crippen LogP contribution is -2.06. The van der Waals surface area contributed by atoms with E-state index < -0.39 is 0 Å². The van der Waals surface area contributed by atoms with Crippen molar-refractivity contribution < 1.29 is 9.57 Å². The first-order valence-electron chi connectivity index (χ1n) is 4.34. The van der Waals surface area contributed by atoms with Gasteiger partial charge in [0.1, 0.15) is 5.75 Å². The number of para-hydroxylation sites is 1. The van der Waals surface area contributed by atoms with Crippen LogP contribution in [0.4, 0.5) is 0 Å². The molecule has 1 aromatic rings. The van der Waals surface area contributed by atoms with Gasteiger partial charge in [-0.1, -0.05) is 18.2 Å². The first-order valence-corrected chi connectivity index (χ1v) is 4.34. The highest BCUT2D eigenvalue weighted by Gasteiger charge is 1.96. The summed E-state index contributed by atoms with van der Waals surface area (Å²) >= 11 is 0. The van der Waals surface area contributed by atoms with Crippen LogP contribution >= 0.6 is 0 Å². The number of hydrogen-bond acceptors (Lipinski definition) is 3. The molecule has 0 atom stereocenters. The Kier molecular flexibility index (Phi) is 4.29. The summed E-state index contributed by atoms with van der Waals surface area (Å²) in [7, 11) is 0. The molecule has 1 rings (SSSR count). The third-order valence-electron chi connectivity index (χ3n) is 1.76. The Morgan fingerprint density at radius 3 is 2.69 bits per heavy atom. The van der Waals surface area contributed by atoms with Gasteiger partial charge in [-0.3, -0.25) is 0 Å². The van der Waals surface area contributed by atoms with E-state index in [-0.39, 0.29) is 0 Å². The lowest BCUT2D eigenvalue weighted by atomic mass is 10.2. The molecule has 0 saturated carbocycles. The minimum Gasteiger partial charge on any atom is -0.493 e. The lowest BCUT2D eigenvalue weighted by molar-refractivity contribution is 0.122. The van der Waals surface area contributed by atoms with Crippen LogP contribution < -0.4 is 10.6 Å². The van der Waals surface area contributed by atoms with Crippen LogP contribution in [0.15, 0.2) is 24.3 Å². The highest BCUT2D eigenvalue weighted by molar-refractivity contribution is 5.31. The topological polar surface area (TPSA) is 44.5 Å². The van der Waals surface area contributed by atoms with E-state index >= 15 is 0 Å². The van der Waals surface area contributed by atoms with E-state index in [1.165, 1.54) is 0 Å². The van der Waals surface area contributed by atoms with Crippen LogP contribution in [0, 0.1) is 6.92 Å². The Morgan fingerprint density at radius 2 is 2.00 bits per heavy atom. The standard InChI is InChI=1S/C10H15NO2/c1-9-5-2-3-6-10(9)12-7-4-8-13-11/h2-3,5-6H,4,7-8,11H2,1H3. The monoisotopic (exact) mass is 181 g/mol. The molecule has 2 N–H and O–H groups in total. The highest BCUT2D eigenvalue weighted by atomic mass is 16.6. The van der Waals surface area contributed by atoms with Crippen molar-refractivity contribution in [1.82, 2.24) is 0 Å². The van der Waals surface area contributed by atoms with Crippen molar-refractivity contribution in [1.29, 1.82) is 0 Å². The van der Waals surface area contributed by atoms with E-state index in [4.69, 9.17) is 10.6 Å². The van der Waals surface area contributed by atoms with Gasteiger partial charge in [0.2, 0.25) is 0 Å². The molecule has 0 spiro atoms. The maximum absolute atomic E-state index is 5.50.